The van der Waals surface area contributed by atoms with Crippen LogP contribution in [0.4, 0.5) is 17.6 Å². The summed E-state index contributed by atoms with van der Waals surface area (Å²) in [5.41, 5.74) is 0. The van der Waals surface area contributed by atoms with Crippen LogP contribution in [0.1, 0.15) is 0 Å². The number of thiophene rings is 1. The quantitative estimate of drug-likeness (QED) is 0.515. The lowest BCUT2D eigenvalue weighted by molar-refractivity contribution is 0.511. The Bertz CT molecular complexity index is 745. The second kappa shape index (κ2) is 3.43. The van der Waals surface area contributed by atoms with E-state index >= 15 is 0 Å². The molecule has 86 valence electrons. The third kappa shape index (κ3) is 1.42. The van der Waals surface area contributed by atoms with Crippen LogP contribution in [-0.2, 0) is 0 Å². The highest BCUT2D eigenvalue weighted by Gasteiger charge is 2.14. The molecule has 0 fully saturated rings. The summed E-state index contributed by atoms with van der Waals surface area (Å²) in [6.07, 6.45) is 0. The van der Waals surface area contributed by atoms with Gasteiger partial charge < -0.3 is 0 Å². The van der Waals surface area contributed by atoms with Crippen molar-refractivity contribution in [3.05, 3.63) is 47.5 Å². The molecular weight excluding hydrogens is 252 g/mol. The van der Waals surface area contributed by atoms with Crippen LogP contribution in [0.25, 0.3) is 20.2 Å². The van der Waals surface area contributed by atoms with Crippen LogP contribution >= 0.6 is 11.3 Å². The van der Waals surface area contributed by atoms with Gasteiger partial charge in [0.25, 0.3) is 0 Å². The molecule has 0 aliphatic rings. The minimum Gasteiger partial charge on any atom is -0.204 e. The summed E-state index contributed by atoms with van der Waals surface area (Å²) in [6, 6.07) is 4.34. The van der Waals surface area contributed by atoms with Gasteiger partial charge in [-0.3, -0.25) is 0 Å². The number of hydrogen-bond acceptors (Lipinski definition) is 1. The first-order valence-corrected chi connectivity index (χ1v) is 5.55. The highest BCUT2D eigenvalue weighted by Crippen LogP contribution is 2.36. The fraction of sp³-hybridized carbons (Fsp3) is 0. The molecule has 0 N–H and O–H groups in total. The molecule has 1 aromatic heterocycles. The van der Waals surface area contributed by atoms with Crippen molar-refractivity contribution in [2.45, 2.75) is 0 Å². The fourth-order valence-electron chi connectivity index (χ4n) is 1.78. The Balaban J connectivity index is 2.54. The Labute approximate surface area is 97.1 Å². The van der Waals surface area contributed by atoms with Gasteiger partial charge in [-0.05, 0) is 24.3 Å². The van der Waals surface area contributed by atoms with Crippen molar-refractivity contribution in [2.75, 3.05) is 0 Å². The molecule has 0 saturated carbocycles. The standard InChI is InChI=1S/C12H4F4S/c13-7-2-1-5-6-3-8(14)9(15)4-10(6)17-12(5)11(7)16/h1-4H. The zero-order chi connectivity index (χ0) is 12.2. The van der Waals surface area contributed by atoms with Gasteiger partial charge in [-0.1, -0.05) is 0 Å². The Morgan fingerprint density at radius 1 is 0.765 bits per heavy atom. The summed E-state index contributed by atoms with van der Waals surface area (Å²) in [7, 11) is 0. The molecule has 0 saturated heterocycles. The minimum absolute atomic E-state index is 0.0741. The smallest absolute Gasteiger partial charge is 0.176 e. The summed E-state index contributed by atoms with van der Waals surface area (Å²) < 4.78 is 53.1. The van der Waals surface area contributed by atoms with Crippen LogP contribution in [0.5, 0.6) is 0 Å². The first-order chi connectivity index (χ1) is 8.08. The van der Waals surface area contributed by atoms with Crippen molar-refractivity contribution >= 4 is 31.5 Å². The van der Waals surface area contributed by atoms with Crippen molar-refractivity contribution in [1.82, 2.24) is 0 Å². The van der Waals surface area contributed by atoms with Crippen LogP contribution in [0.2, 0.25) is 0 Å². The highest BCUT2D eigenvalue weighted by molar-refractivity contribution is 7.25. The average Bonchev–Trinajstić information content (AvgIpc) is 2.63. The van der Waals surface area contributed by atoms with Gasteiger partial charge in [0.2, 0.25) is 0 Å². The summed E-state index contributed by atoms with van der Waals surface area (Å²) in [5.74, 6) is -3.94. The molecule has 0 spiro atoms. The van der Waals surface area contributed by atoms with Crippen molar-refractivity contribution < 1.29 is 17.6 Å². The normalized spacial score (nSPS) is 11.5. The number of halogens is 4. The molecule has 5 heteroatoms. The zero-order valence-corrected chi connectivity index (χ0v) is 9.05. The summed E-state index contributed by atoms with van der Waals surface area (Å²) >= 11 is 0.904. The van der Waals surface area contributed by atoms with Gasteiger partial charge >= 0.3 is 0 Å². The Morgan fingerprint density at radius 2 is 1.47 bits per heavy atom. The predicted molar refractivity (Wildman–Crippen MR) is 59.2 cm³/mol. The third-order valence-corrected chi connectivity index (χ3v) is 3.74. The summed E-state index contributed by atoms with van der Waals surface area (Å²) in [5, 5.41) is 0.783. The molecule has 0 radical (unpaired) electrons. The zero-order valence-electron chi connectivity index (χ0n) is 8.23. The second-order valence-corrected chi connectivity index (χ2v) is 4.65. The molecule has 1 heterocycles. The van der Waals surface area contributed by atoms with E-state index in [4.69, 9.17) is 0 Å². The van der Waals surface area contributed by atoms with E-state index in [1.807, 2.05) is 0 Å². The van der Waals surface area contributed by atoms with Gasteiger partial charge in [0, 0.05) is 15.5 Å². The van der Waals surface area contributed by atoms with E-state index in [2.05, 4.69) is 0 Å². The van der Waals surface area contributed by atoms with Crippen LogP contribution in [0.3, 0.4) is 0 Å². The van der Waals surface area contributed by atoms with E-state index in [0.29, 0.717) is 15.5 Å². The molecule has 2 aromatic carbocycles. The lowest BCUT2D eigenvalue weighted by Gasteiger charge is -1.95. The van der Waals surface area contributed by atoms with Gasteiger partial charge in [-0.2, -0.15) is 0 Å². The molecule has 17 heavy (non-hydrogen) atoms. The molecule has 0 nitrogen and oxygen atoms in total. The summed E-state index contributed by atoms with van der Waals surface area (Å²) in [6.45, 7) is 0. The molecule has 0 aliphatic heterocycles. The van der Waals surface area contributed by atoms with Crippen LogP contribution in [0.15, 0.2) is 24.3 Å². The van der Waals surface area contributed by atoms with Crippen LogP contribution in [0, 0.1) is 23.3 Å². The van der Waals surface area contributed by atoms with E-state index < -0.39 is 23.3 Å². The number of rotatable bonds is 0. The Hall–Kier alpha value is -1.62. The molecule has 0 aliphatic carbocycles. The van der Waals surface area contributed by atoms with Crippen molar-refractivity contribution in [3.63, 3.8) is 0 Å². The highest BCUT2D eigenvalue weighted by atomic mass is 32.1. The number of hydrogen-bond donors (Lipinski definition) is 0. The lowest BCUT2D eigenvalue weighted by Crippen LogP contribution is -1.83. The molecule has 0 bridgehead atoms. The summed E-state index contributed by atoms with van der Waals surface area (Å²) in [4.78, 5) is 0. The molecule has 3 aromatic rings. The van der Waals surface area contributed by atoms with Gasteiger partial charge in [-0.15, -0.1) is 11.3 Å². The predicted octanol–water partition coefficient (Wildman–Crippen LogP) is 4.61. The Kier molecular flexibility index (Phi) is 2.13. The van der Waals surface area contributed by atoms with Crippen molar-refractivity contribution in [3.8, 4) is 0 Å². The first-order valence-electron chi connectivity index (χ1n) is 4.73. The maximum atomic E-state index is 13.5. The largest absolute Gasteiger partial charge is 0.204 e. The second-order valence-electron chi connectivity index (χ2n) is 3.60. The van der Waals surface area contributed by atoms with E-state index in [0.717, 1.165) is 29.5 Å². The molecule has 3 rings (SSSR count). The van der Waals surface area contributed by atoms with Crippen LogP contribution < -0.4 is 0 Å². The van der Waals surface area contributed by atoms with E-state index in [1.54, 1.807) is 0 Å². The number of benzene rings is 2. The SMILES string of the molecule is Fc1cc2sc3c(F)c(F)ccc3c2cc1F. The number of fused-ring (bicyclic) bond motifs is 3. The molecule has 0 unspecified atom stereocenters. The third-order valence-electron chi connectivity index (χ3n) is 2.57. The van der Waals surface area contributed by atoms with E-state index in [9.17, 15) is 17.6 Å². The maximum Gasteiger partial charge on any atom is 0.176 e. The first kappa shape index (κ1) is 10.5. The minimum atomic E-state index is -0.998. The maximum absolute atomic E-state index is 13.5. The van der Waals surface area contributed by atoms with Gasteiger partial charge in [0.05, 0.1) is 4.70 Å². The lowest BCUT2D eigenvalue weighted by atomic mass is 10.1. The monoisotopic (exact) mass is 256 g/mol. The molecule has 0 atom stereocenters. The Morgan fingerprint density at radius 3 is 2.24 bits per heavy atom. The van der Waals surface area contributed by atoms with Gasteiger partial charge in [0.15, 0.2) is 23.3 Å². The van der Waals surface area contributed by atoms with Gasteiger partial charge in [-0.25, -0.2) is 17.6 Å². The molecular formula is C12H4F4S. The van der Waals surface area contributed by atoms with E-state index in [-0.39, 0.29) is 4.70 Å². The molecule has 0 amide bonds. The van der Waals surface area contributed by atoms with Crippen LogP contribution in [-0.4, -0.2) is 0 Å². The average molecular weight is 256 g/mol. The van der Waals surface area contributed by atoms with E-state index in [1.165, 1.54) is 6.07 Å². The van der Waals surface area contributed by atoms with Crippen molar-refractivity contribution in [1.29, 1.82) is 0 Å². The fourth-order valence-corrected chi connectivity index (χ4v) is 2.91. The van der Waals surface area contributed by atoms with Gasteiger partial charge in [0.1, 0.15) is 0 Å². The van der Waals surface area contributed by atoms with Crippen molar-refractivity contribution in [2.24, 2.45) is 0 Å². The topological polar surface area (TPSA) is 0 Å².